The van der Waals surface area contributed by atoms with Gasteiger partial charge in [-0.3, -0.25) is 9.69 Å². The number of ether oxygens (including phenoxy) is 1. The topological polar surface area (TPSA) is 85.2 Å². The second-order valence-corrected chi connectivity index (χ2v) is 8.92. The maximum Gasteiger partial charge on any atom is 0.225 e. The molecule has 1 saturated heterocycles. The van der Waals surface area contributed by atoms with E-state index < -0.39 is 0 Å². The maximum atomic E-state index is 12.3. The maximum absolute atomic E-state index is 12.3. The summed E-state index contributed by atoms with van der Waals surface area (Å²) in [5, 5.41) is 15.0. The van der Waals surface area contributed by atoms with E-state index in [0.29, 0.717) is 19.8 Å². The molecule has 1 amide bonds. The lowest BCUT2D eigenvalue weighted by atomic mass is 10.1. The summed E-state index contributed by atoms with van der Waals surface area (Å²) in [4.78, 5) is 19.5. The lowest BCUT2D eigenvalue weighted by Crippen LogP contribution is -2.32. The number of nitrogens with one attached hydrogen (secondary N) is 1. The molecule has 3 aromatic rings. The predicted octanol–water partition coefficient (Wildman–Crippen LogP) is 2.11. The van der Waals surface area contributed by atoms with Crippen LogP contribution in [0.2, 0.25) is 0 Å². The van der Waals surface area contributed by atoms with Crippen LogP contribution in [-0.2, 0) is 35.6 Å². The van der Waals surface area contributed by atoms with Crippen LogP contribution >= 0.6 is 11.3 Å². The molecule has 2 aliphatic rings. The van der Waals surface area contributed by atoms with E-state index in [2.05, 4.69) is 42.5 Å². The monoisotopic (exact) mass is 438 g/mol. The Labute approximate surface area is 185 Å². The van der Waals surface area contributed by atoms with Crippen LogP contribution in [0.3, 0.4) is 0 Å². The summed E-state index contributed by atoms with van der Waals surface area (Å²) in [5.74, 6) is 1.81. The first kappa shape index (κ1) is 20.3. The molecule has 31 heavy (non-hydrogen) atoms. The van der Waals surface area contributed by atoms with Crippen molar-refractivity contribution < 1.29 is 9.53 Å². The number of hydrogen-bond acceptors (Lipinski definition) is 7. The number of aromatic nitrogens is 4. The lowest BCUT2D eigenvalue weighted by Gasteiger charge is -2.18. The highest BCUT2D eigenvalue weighted by Crippen LogP contribution is 2.23. The summed E-state index contributed by atoms with van der Waals surface area (Å²) in [6, 6.07) is 10.3. The minimum atomic E-state index is -0.0407. The highest BCUT2D eigenvalue weighted by molar-refractivity contribution is 7.09. The summed E-state index contributed by atoms with van der Waals surface area (Å²) >= 11 is 1.71. The van der Waals surface area contributed by atoms with E-state index in [-0.39, 0.29) is 11.8 Å². The van der Waals surface area contributed by atoms with E-state index in [1.165, 1.54) is 0 Å². The van der Waals surface area contributed by atoms with Gasteiger partial charge in [-0.15, -0.1) is 21.5 Å². The molecule has 1 aromatic carbocycles. The van der Waals surface area contributed by atoms with Crippen molar-refractivity contribution in [3.05, 3.63) is 52.4 Å². The van der Waals surface area contributed by atoms with Crippen molar-refractivity contribution >= 4 is 17.2 Å². The Kier molecular flexibility index (Phi) is 6.06. The smallest absolute Gasteiger partial charge is 0.225 e. The van der Waals surface area contributed by atoms with Crippen LogP contribution in [-0.4, -0.2) is 56.9 Å². The van der Waals surface area contributed by atoms with E-state index in [9.17, 15) is 4.79 Å². The van der Waals surface area contributed by atoms with Crippen molar-refractivity contribution in [2.75, 3.05) is 26.3 Å². The fourth-order valence-corrected chi connectivity index (χ4v) is 4.93. The molecule has 162 valence electrons. The molecule has 1 unspecified atom stereocenters. The molecule has 0 saturated carbocycles. The number of fused-ring (bicyclic) bond motifs is 1. The number of carbonyl (C=O) groups excluding carboxylic acids is 1. The highest BCUT2D eigenvalue weighted by Gasteiger charge is 2.24. The SMILES string of the molecule is O=C(NCc1nnc2n1CCN(Cc1nc(-c3ccccc3)cs1)CC2)C1CCOC1. The van der Waals surface area contributed by atoms with Crippen molar-refractivity contribution in [1.82, 2.24) is 30.0 Å². The van der Waals surface area contributed by atoms with Crippen LogP contribution in [0.15, 0.2) is 35.7 Å². The molecule has 1 N–H and O–H groups in total. The van der Waals surface area contributed by atoms with Crippen molar-refractivity contribution in [3.63, 3.8) is 0 Å². The normalized spacial score (nSPS) is 19.2. The average molecular weight is 439 g/mol. The van der Waals surface area contributed by atoms with Crippen LogP contribution in [0.25, 0.3) is 11.3 Å². The second-order valence-electron chi connectivity index (χ2n) is 7.98. The van der Waals surface area contributed by atoms with Crippen molar-refractivity contribution in [2.45, 2.75) is 32.5 Å². The molecule has 1 atom stereocenters. The Morgan fingerprint density at radius 2 is 2.10 bits per heavy atom. The molecular formula is C22H26N6O2S. The third kappa shape index (κ3) is 4.68. The second kappa shape index (κ2) is 9.25. The van der Waals surface area contributed by atoms with Crippen molar-refractivity contribution in [2.24, 2.45) is 5.92 Å². The van der Waals surface area contributed by atoms with Gasteiger partial charge in [0.15, 0.2) is 5.82 Å². The lowest BCUT2D eigenvalue weighted by molar-refractivity contribution is -0.125. The van der Waals surface area contributed by atoms with Gasteiger partial charge in [0, 0.05) is 43.6 Å². The molecule has 2 aliphatic heterocycles. The van der Waals surface area contributed by atoms with Gasteiger partial charge in [-0.1, -0.05) is 30.3 Å². The van der Waals surface area contributed by atoms with Gasteiger partial charge in [0.2, 0.25) is 5.91 Å². The zero-order valence-corrected chi connectivity index (χ0v) is 18.2. The number of benzene rings is 1. The van der Waals surface area contributed by atoms with Gasteiger partial charge in [0.05, 0.1) is 31.3 Å². The molecule has 0 radical (unpaired) electrons. The molecular weight excluding hydrogens is 412 g/mol. The summed E-state index contributed by atoms with van der Waals surface area (Å²) in [6.45, 7) is 5.07. The van der Waals surface area contributed by atoms with Gasteiger partial charge >= 0.3 is 0 Å². The summed E-state index contributed by atoms with van der Waals surface area (Å²) in [5.41, 5.74) is 2.20. The summed E-state index contributed by atoms with van der Waals surface area (Å²) in [6.07, 6.45) is 1.63. The first-order valence-electron chi connectivity index (χ1n) is 10.7. The van der Waals surface area contributed by atoms with E-state index in [1.54, 1.807) is 11.3 Å². The zero-order chi connectivity index (χ0) is 21.0. The minimum absolute atomic E-state index is 0.0407. The van der Waals surface area contributed by atoms with Gasteiger partial charge in [-0.2, -0.15) is 0 Å². The van der Waals surface area contributed by atoms with E-state index in [1.807, 2.05) is 18.2 Å². The summed E-state index contributed by atoms with van der Waals surface area (Å²) in [7, 11) is 0. The van der Waals surface area contributed by atoms with Crippen LogP contribution < -0.4 is 5.32 Å². The molecule has 2 aromatic heterocycles. The fourth-order valence-electron chi connectivity index (χ4n) is 4.08. The van der Waals surface area contributed by atoms with Crippen LogP contribution in [0.5, 0.6) is 0 Å². The number of amides is 1. The molecule has 0 bridgehead atoms. The standard InChI is InChI=1S/C22H26N6O2S/c29-22(17-7-11-30-14-17)23-12-20-26-25-19-6-8-27(9-10-28(19)20)13-21-24-18(15-31-21)16-4-2-1-3-5-16/h1-5,15,17H,6-14H2,(H,23,29). The minimum Gasteiger partial charge on any atom is -0.381 e. The molecule has 1 fully saturated rings. The Bertz CT molecular complexity index is 1030. The number of rotatable bonds is 6. The van der Waals surface area contributed by atoms with Crippen molar-refractivity contribution in [3.8, 4) is 11.3 Å². The predicted molar refractivity (Wildman–Crippen MR) is 117 cm³/mol. The quantitative estimate of drug-likeness (QED) is 0.635. The Balaban J connectivity index is 1.18. The first-order chi connectivity index (χ1) is 15.3. The van der Waals surface area contributed by atoms with E-state index in [4.69, 9.17) is 9.72 Å². The largest absolute Gasteiger partial charge is 0.381 e. The van der Waals surface area contributed by atoms with Gasteiger partial charge in [0.25, 0.3) is 0 Å². The molecule has 0 aliphatic carbocycles. The molecule has 0 spiro atoms. The summed E-state index contributed by atoms with van der Waals surface area (Å²) < 4.78 is 7.46. The average Bonchev–Trinajstić information content (AvgIpc) is 3.54. The van der Waals surface area contributed by atoms with Crippen LogP contribution in [0.1, 0.15) is 23.1 Å². The molecule has 5 rings (SSSR count). The number of nitrogens with zero attached hydrogens (tertiary/aromatic N) is 5. The highest BCUT2D eigenvalue weighted by atomic mass is 32.1. The Hall–Kier alpha value is -2.62. The Morgan fingerprint density at radius 3 is 2.94 bits per heavy atom. The number of carbonyl (C=O) groups is 1. The van der Waals surface area contributed by atoms with E-state index in [0.717, 1.165) is 66.9 Å². The van der Waals surface area contributed by atoms with Gasteiger partial charge in [-0.05, 0) is 6.42 Å². The van der Waals surface area contributed by atoms with Gasteiger partial charge < -0.3 is 14.6 Å². The van der Waals surface area contributed by atoms with Crippen molar-refractivity contribution in [1.29, 1.82) is 0 Å². The molecule has 8 nitrogen and oxygen atoms in total. The van der Waals surface area contributed by atoms with Gasteiger partial charge in [-0.25, -0.2) is 4.98 Å². The third-order valence-corrected chi connectivity index (χ3v) is 6.73. The van der Waals surface area contributed by atoms with Gasteiger partial charge in [0.1, 0.15) is 10.8 Å². The number of hydrogen-bond donors (Lipinski definition) is 1. The molecule has 4 heterocycles. The fraction of sp³-hybridized carbons (Fsp3) is 0.455. The van der Waals surface area contributed by atoms with Crippen LogP contribution in [0, 0.1) is 5.92 Å². The van der Waals surface area contributed by atoms with Crippen LogP contribution in [0.4, 0.5) is 0 Å². The Morgan fingerprint density at radius 1 is 1.19 bits per heavy atom. The molecule has 9 heteroatoms. The third-order valence-electron chi connectivity index (χ3n) is 5.90. The van der Waals surface area contributed by atoms with E-state index >= 15 is 0 Å². The first-order valence-corrected chi connectivity index (χ1v) is 11.6. The zero-order valence-electron chi connectivity index (χ0n) is 17.4. The number of thiazole rings is 1.